The number of amides is 1. The summed E-state index contributed by atoms with van der Waals surface area (Å²) in [6, 6.07) is 6.81. The van der Waals surface area contributed by atoms with Gasteiger partial charge in [0, 0.05) is 42.2 Å². The van der Waals surface area contributed by atoms with Crippen LogP contribution >= 0.6 is 0 Å². The van der Waals surface area contributed by atoms with Crippen molar-refractivity contribution in [2.24, 2.45) is 0 Å². The van der Waals surface area contributed by atoms with Crippen LogP contribution in [0, 0.1) is 19.7 Å². The summed E-state index contributed by atoms with van der Waals surface area (Å²) < 4.78 is 18.2. The van der Waals surface area contributed by atoms with E-state index >= 15 is 0 Å². The van der Waals surface area contributed by atoms with E-state index in [0.29, 0.717) is 28.3 Å². The monoisotopic (exact) mass is 474 g/mol. The highest BCUT2D eigenvalue weighted by Crippen LogP contribution is 2.25. The maximum atomic E-state index is 14.2. The van der Waals surface area contributed by atoms with E-state index in [1.165, 1.54) is 31.7 Å². The lowest BCUT2D eigenvalue weighted by Crippen LogP contribution is -2.17. The highest BCUT2D eigenvalue weighted by molar-refractivity contribution is 6.04. The molecule has 5 rings (SSSR count). The van der Waals surface area contributed by atoms with Gasteiger partial charge in [-0.25, -0.2) is 9.37 Å². The highest BCUT2D eigenvalue weighted by atomic mass is 19.1. The van der Waals surface area contributed by atoms with Crippen molar-refractivity contribution >= 4 is 22.9 Å². The summed E-state index contributed by atoms with van der Waals surface area (Å²) in [5, 5.41) is 7.47. The van der Waals surface area contributed by atoms with Gasteiger partial charge in [0.2, 0.25) is 5.95 Å². The number of aromatic nitrogens is 5. The maximum Gasteiger partial charge on any atom is 0.258 e. The molecule has 1 aliphatic heterocycles. The molecule has 0 spiro atoms. The van der Waals surface area contributed by atoms with E-state index in [4.69, 9.17) is 0 Å². The molecule has 0 saturated carbocycles. The third kappa shape index (κ3) is 5.11. The van der Waals surface area contributed by atoms with E-state index < -0.39 is 0 Å². The largest absolute Gasteiger partial charge is 0.310 e. The van der Waals surface area contributed by atoms with Gasteiger partial charge in [0.15, 0.2) is 0 Å². The fourth-order valence-corrected chi connectivity index (χ4v) is 4.74. The molecule has 0 saturated heterocycles. The smallest absolute Gasteiger partial charge is 0.258 e. The van der Waals surface area contributed by atoms with Crippen molar-refractivity contribution in [2.75, 3.05) is 5.32 Å². The third-order valence-electron chi connectivity index (χ3n) is 6.67. The molecule has 0 aliphatic carbocycles. The molecule has 1 aromatic carbocycles. The number of carbonyl (C=O) groups excluding carboxylic acids is 1. The number of fused-ring (bicyclic) bond motifs is 8. The number of nitrogens with zero attached hydrogens (tertiary/aromatic N) is 5. The van der Waals surface area contributed by atoms with Crippen LogP contribution in [0.5, 0.6) is 0 Å². The molecule has 35 heavy (non-hydrogen) atoms. The van der Waals surface area contributed by atoms with E-state index in [2.05, 4.69) is 20.4 Å². The van der Waals surface area contributed by atoms with Gasteiger partial charge in [-0.05, 0) is 50.5 Å². The Kier molecular flexibility index (Phi) is 6.61. The zero-order valence-electron chi connectivity index (χ0n) is 20.4. The van der Waals surface area contributed by atoms with Crippen molar-refractivity contribution < 1.29 is 9.18 Å². The Balaban J connectivity index is 1.52. The molecule has 7 nitrogen and oxygen atoms in total. The molecule has 182 valence electrons. The Morgan fingerprint density at radius 2 is 1.63 bits per heavy atom. The molecular weight excluding hydrogens is 443 g/mol. The van der Waals surface area contributed by atoms with E-state index in [-0.39, 0.29) is 11.7 Å². The van der Waals surface area contributed by atoms with E-state index in [1.54, 1.807) is 25.3 Å². The van der Waals surface area contributed by atoms with Crippen molar-refractivity contribution in [1.29, 1.82) is 0 Å². The molecule has 0 atom stereocenters. The Morgan fingerprint density at radius 1 is 0.886 bits per heavy atom. The number of hydrogen-bond acceptors (Lipinski definition) is 4. The van der Waals surface area contributed by atoms with Crippen molar-refractivity contribution in [3.63, 3.8) is 0 Å². The molecule has 4 aromatic rings. The number of hydrogen-bond donors (Lipinski definition) is 1. The molecule has 3 aromatic heterocycles. The first-order valence-electron chi connectivity index (χ1n) is 12.5. The predicted molar refractivity (Wildman–Crippen MR) is 135 cm³/mol. The fraction of sp³-hybridized carbons (Fsp3) is 0.407. The molecule has 4 heterocycles. The van der Waals surface area contributed by atoms with Gasteiger partial charge in [0.1, 0.15) is 5.82 Å². The first-order valence-corrected chi connectivity index (χ1v) is 12.5. The van der Waals surface area contributed by atoms with Crippen LogP contribution in [-0.4, -0.2) is 30.2 Å². The molecule has 8 heteroatoms. The van der Waals surface area contributed by atoms with Gasteiger partial charge in [0.25, 0.3) is 5.91 Å². The molecular formula is C27H31FN6O. The van der Waals surface area contributed by atoms with E-state index in [1.807, 2.05) is 28.4 Å². The molecule has 1 amide bonds. The second kappa shape index (κ2) is 9.98. The Labute approximate surface area is 204 Å². The van der Waals surface area contributed by atoms with Crippen molar-refractivity contribution in [1.82, 2.24) is 24.3 Å². The number of anilines is 1. The zero-order valence-corrected chi connectivity index (χ0v) is 20.4. The van der Waals surface area contributed by atoms with Gasteiger partial charge < -0.3 is 4.57 Å². The number of rotatable bonds is 0. The van der Waals surface area contributed by atoms with Crippen LogP contribution in [0.3, 0.4) is 0 Å². The number of aryl methyl sites for hydroxylation is 4. The van der Waals surface area contributed by atoms with Crippen LogP contribution < -0.4 is 5.32 Å². The van der Waals surface area contributed by atoms with Gasteiger partial charge in [-0.1, -0.05) is 32.1 Å². The average molecular weight is 475 g/mol. The SMILES string of the molecule is Cc1cc2cc(n1)-c1cnn(c1)CCCCCCCCCn1c(nc3cc(F)c(C)cc31)NC2=O. The van der Waals surface area contributed by atoms with Gasteiger partial charge in [-0.15, -0.1) is 0 Å². The zero-order chi connectivity index (χ0) is 24.4. The minimum atomic E-state index is -0.295. The normalized spacial score (nSPS) is 15.7. The second-order valence-electron chi connectivity index (χ2n) is 9.48. The number of halogens is 1. The van der Waals surface area contributed by atoms with Crippen molar-refractivity contribution in [3.05, 3.63) is 59.3 Å². The first kappa shape index (κ1) is 23.2. The van der Waals surface area contributed by atoms with Gasteiger partial charge >= 0.3 is 0 Å². The molecule has 0 unspecified atom stereocenters. The average Bonchev–Trinajstić information content (AvgIpc) is 3.42. The van der Waals surface area contributed by atoms with Crippen LogP contribution in [0.1, 0.15) is 66.6 Å². The number of imidazole rings is 1. The quantitative estimate of drug-likeness (QED) is 0.337. The summed E-state index contributed by atoms with van der Waals surface area (Å²) in [6.45, 7) is 5.23. The van der Waals surface area contributed by atoms with Crippen LogP contribution in [0.4, 0.5) is 10.3 Å². The van der Waals surface area contributed by atoms with Gasteiger partial charge in [0.05, 0.1) is 22.9 Å². The first-order chi connectivity index (χ1) is 17.0. The van der Waals surface area contributed by atoms with Crippen LogP contribution in [0.15, 0.2) is 36.7 Å². The van der Waals surface area contributed by atoms with Crippen LogP contribution in [0.2, 0.25) is 0 Å². The Morgan fingerprint density at radius 3 is 2.43 bits per heavy atom. The van der Waals surface area contributed by atoms with Crippen molar-refractivity contribution in [3.8, 4) is 11.3 Å². The van der Waals surface area contributed by atoms with E-state index in [0.717, 1.165) is 49.1 Å². The number of carbonyl (C=O) groups is 1. The second-order valence-corrected chi connectivity index (χ2v) is 9.48. The highest BCUT2D eigenvalue weighted by Gasteiger charge is 2.18. The fourth-order valence-electron chi connectivity index (χ4n) is 4.74. The number of nitrogens with one attached hydrogen (secondary N) is 1. The Bertz CT molecular complexity index is 1370. The molecule has 0 radical (unpaired) electrons. The van der Waals surface area contributed by atoms with Crippen molar-refractivity contribution in [2.45, 2.75) is 71.9 Å². The Hall–Kier alpha value is -3.55. The predicted octanol–water partition coefficient (Wildman–Crippen LogP) is 6.05. The van der Waals surface area contributed by atoms with Crippen LogP contribution in [0.25, 0.3) is 22.3 Å². The lowest BCUT2D eigenvalue weighted by atomic mass is 10.1. The summed E-state index contributed by atoms with van der Waals surface area (Å²) in [7, 11) is 0. The van der Waals surface area contributed by atoms with Gasteiger partial charge in [-0.2, -0.15) is 5.10 Å². The van der Waals surface area contributed by atoms with Gasteiger partial charge in [-0.3, -0.25) is 19.8 Å². The summed E-state index contributed by atoms with van der Waals surface area (Å²) in [5.41, 5.74) is 4.80. The molecule has 4 bridgehead atoms. The molecule has 1 N–H and O–H groups in total. The summed E-state index contributed by atoms with van der Waals surface area (Å²) in [6.07, 6.45) is 11.7. The maximum absolute atomic E-state index is 14.2. The molecule has 1 aliphatic rings. The minimum Gasteiger partial charge on any atom is -0.310 e. The molecule has 0 fully saturated rings. The van der Waals surface area contributed by atoms with E-state index in [9.17, 15) is 9.18 Å². The summed E-state index contributed by atoms with van der Waals surface area (Å²) >= 11 is 0. The third-order valence-corrected chi connectivity index (χ3v) is 6.67. The summed E-state index contributed by atoms with van der Waals surface area (Å²) in [5.74, 6) is -0.121. The standard InChI is InChI=1S/C27H31FN6O/c1-18-12-25-24(15-22(18)28)31-27-32-26(35)20-13-19(2)30-23(14-20)21-16-29-33(17-21)10-8-6-4-3-5-7-9-11-34(25)27/h12-17H,3-11H2,1-2H3,(H,31,32,35). The summed E-state index contributed by atoms with van der Waals surface area (Å²) in [4.78, 5) is 22.5. The number of pyridine rings is 1. The van der Waals surface area contributed by atoms with Crippen LogP contribution in [-0.2, 0) is 13.1 Å². The lowest BCUT2D eigenvalue weighted by Gasteiger charge is -2.11. The minimum absolute atomic E-state index is 0.268. The topological polar surface area (TPSA) is 77.6 Å². The number of benzene rings is 1. The lowest BCUT2D eigenvalue weighted by molar-refractivity contribution is 0.102.